The summed E-state index contributed by atoms with van der Waals surface area (Å²) in [7, 11) is 0. The highest BCUT2D eigenvalue weighted by molar-refractivity contribution is 6.34. The first kappa shape index (κ1) is 28.5. The Labute approximate surface area is 217 Å². The fraction of sp³-hybridized carbons (Fsp3) is 0.227. The van der Waals surface area contributed by atoms with Crippen LogP contribution in [0.5, 0.6) is 0 Å². The minimum atomic E-state index is -0.782. The van der Waals surface area contributed by atoms with Gasteiger partial charge in [0.15, 0.2) is 0 Å². The van der Waals surface area contributed by atoms with Gasteiger partial charge in [0.05, 0.1) is 37.0 Å². The molecule has 192 valence electrons. The molecule has 0 fully saturated rings. The topological polar surface area (TPSA) is 185 Å². The summed E-state index contributed by atoms with van der Waals surface area (Å²) >= 11 is 12.2. The van der Waals surface area contributed by atoms with E-state index in [1.54, 1.807) is 25.1 Å². The van der Waals surface area contributed by atoms with Gasteiger partial charge in [0, 0.05) is 15.6 Å². The maximum atomic E-state index is 12.7. The minimum Gasteiger partial charge on any atom is -0.466 e. The van der Waals surface area contributed by atoms with Crippen molar-refractivity contribution in [1.29, 1.82) is 0 Å². The van der Waals surface area contributed by atoms with E-state index >= 15 is 0 Å². The van der Waals surface area contributed by atoms with Crippen LogP contribution in [0.3, 0.4) is 0 Å². The highest BCUT2D eigenvalue weighted by atomic mass is 35.5. The molecule has 14 heteroatoms. The van der Waals surface area contributed by atoms with Crippen LogP contribution in [0.1, 0.15) is 35.3 Å². The van der Waals surface area contributed by atoms with Gasteiger partial charge in [-0.3, -0.25) is 14.4 Å². The van der Waals surface area contributed by atoms with Crippen molar-refractivity contribution in [2.24, 2.45) is 21.7 Å². The summed E-state index contributed by atoms with van der Waals surface area (Å²) in [6, 6.07) is 8.45. The predicted octanol–water partition coefficient (Wildman–Crippen LogP) is 1.78. The fourth-order valence-electron chi connectivity index (χ4n) is 3.02. The lowest BCUT2D eigenvalue weighted by molar-refractivity contribution is -0.143. The Morgan fingerprint density at radius 3 is 2.08 bits per heavy atom. The Balaban J connectivity index is 2.14. The molecule has 0 saturated carbocycles. The number of esters is 1. The summed E-state index contributed by atoms with van der Waals surface area (Å²) in [5.74, 6) is 8.75. The van der Waals surface area contributed by atoms with Gasteiger partial charge in [-0.15, -0.1) is 0 Å². The molecule has 0 aliphatic carbocycles. The molecule has 2 amide bonds. The summed E-state index contributed by atoms with van der Waals surface area (Å²) in [6.07, 6.45) is 2.30. The highest BCUT2D eigenvalue weighted by Gasteiger charge is 2.21. The molecule has 0 saturated heterocycles. The molecule has 1 unspecified atom stereocenters. The second-order valence-corrected chi connectivity index (χ2v) is 7.98. The Kier molecular flexibility index (Phi) is 11.6. The summed E-state index contributed by atoms with van der Waals surface area (Å²) in [6.45, 7) is 1.48. The Hall–Kier alpha value is -3.71. The van der Waals surface area contributed by atoms with Crippen LogP contribution in [-0.2, 0) is 14.3 Å². The first-order valence-corrected chi connectivity index (χ1v) is 11.3. The molecule has 0 radical (unpaired) electrons. The van der Waals surface area contributed by atoms with Gasteiger partial charge in [-0.25, -0.2) is 21.7 Å². The third-order valence-corrected chi connectivity index (χ3v) is 4.89. The number of carbonyl (C=O) groups is 3. The smallest absolute Gasteiger partial charge is 0.308 e. The summed E-state index contributed by atoms with van der Waals surface area (Å²) in [5.41, 5.74) is 5.97. The molecule has 2 aromatic rings. The molecule has 12 nitrogen and oxygen atoms in total. The van der Waals surface area contributed by atoms with E-state index in [0.717, 1.165) is 0 Å². The first-order valence-electron chi connectivity index (χ1n) is 10.6. The second kappa shape index (κ2) is 14.6. The number of halogens is 2. The zero-order valence-corrected chi connectivity index (χ0v) is 20.8. The van der Waals surface area contributed by atoms with Crippen molar-refractivity contribution < 1.29 is 19.1 Å². The van der Waals surface area contributed by atoms with Crippen molar-refractivity contribution in [3.05, 3.63) is 57.6 Å². The van der Waals surface area contributed by atoms with Crippen molar-refractivity contribution in [3.8, 4) is 0 Å². The number of aliphatic imine (C=N–C) groups is 2. The number of benzene rings is 2. The van der Waals surface area contributed by atoms with Crippen LogP contribution in [0.2, 0.25) is 10.0 Å². The maximum Gasteiger partial charge on any atom is 0.308 e. The van der Waals surface area contributed by atoms with Crippen LogP contribution in [-0.4, -0.2) is 43.6 Å². The van der Waals surface area contributed by atoms with Gasteiger partial charge in [-0.05, 0) is 48.9 Å². The largest absolute Gasteiger partial charge is 0.466 e. The number of nitrogens with zero attached hydrogens (tertiary/aromatic N) is 2. The van der Waals surface area contributed by atoms with E-state index in [-0.39, 0.29) is 25.1 Å². The molecule has 0 bridgehead atoms. The van der Waals surface area contributed by atoms with E-state index in [2.05, 4.69) is 31.5 Å². The van der Waals surface area contributed by atoms with Crippen molar-refractivity contribution in [3.63, 3.8) is 0 Å². The molecule has 0 aliphatic rings. The van der Waals surface area contributed by atoms with Gasteiger partial charge in [-0.1, -0.05) is 23.2 Å². The molecular weight excluding hydrogens is 511 g/mol. The maximum absolute atomic E-state index is 12.7. The molecule has 0 aromatic heterocycles. The van der Waals surface area contributed by atoms with Crippen molar-refractivity contribution in [1.82, 2.24) is 21.5 Å². The third-order valence-electron chi connectivity index (χ3n) is 4.45. The Bertz CT molecular complexity index is 1090. The van der Waals surface area contributed by atoms with Crippen LogP contribution in [0.15, 0.2) is 46.4 Å². The number of nitrogens with two attached hydrogens (primary N) is 2. The normalized spacial score (nSPS) is 11.8. The van der Waals surface area contributed by atoms with E-state index in [9.17, 15) is 14.4 Å². The van der Waals surface area contributed by atoms with Gasteiger partial charge in [0.1, 0.15) is 12.7 Å². The van der Waals surface area contributed by atoms with Crippen molar-refractivity contribution >= 4 is 65.0 Å². The number of hydrogen-bond donors (Lipinski definition) is 6. The second-order valence-electron chi connectivity index (χ2n) is 7.10. The Morgan fingerprint density at radius 2 is 1.56 bits per heavy atom. The summed E-state index contributed by atoms with van der Waals surface area (Å²) in [5, 5.41) is 5.89. The average Bonchev–Trinajstić information content (AvgIpc) is 2.83. The summed E-state index contributed by atoms with van der Waals surface area (Å²) < 4.78 is 5.00. The number of carbonyl (C=O) groups excluding carboxylic acids is 3. The van der Waals surface area contributed by atoms with Crippen LogP contribution in [0.4, 0.5) is 11.4 Å². The average molecular weight is 537 g/mol. The summed E-state index contributed by atoms with van der Waals surface area (Å²) in [4.78, 5) is 45.6. The van der Waals surface area contributed by atoms with Crippen LogP contribution in [0.25, 0.3) is 0 Å². The third kappa shape index (κ3) is 9.50. The van der Waals surface area contributed by atoms with Crippen LogP contribution >= 0.6 is 23.2 Å². The van der Waals surface area contributed by atoms with Crippen LogP contribution < -0.4 is 33.2 Å². The number of hydrazine groups is 2. The molecular formula is C22H26Cl2N8O4. The predicted molar refractivity (Wildman–Crippen MR) is 138 cm³/mol. The standard InChI is InChI=1S/C22H26Cl2N8O4/c1-2-36-21(34)9-19(13-3-15(23)7-16(24)4-13)32-20(33)10-27-22(35)14-5-17(28-11-30-25)8-18(6-14)29-12-31-26/h3-8,11-12,19H,2,9-10,25-26H2,1H3,(H,27,35)(H,28,30)(H,29,31)(H,32,33). The lowest BCUT2D eigenvalue weighted by Crippen LogP contribution is -2.39. The van der Waals surface area contributed by atoms with E-state index in [0.29, 0.717) is 27.0 Å². The number of hydrogen-bond acceptors (Lipinski definition) is 8. The first-order chi connectivity index (χ1) is 17.2. The number of amides is 2. The van der Waals surface area contributed by atoms with Gasteiger partial charge >= 0.3 is 5.97 Å². The van der Waals surface area contributed by atoms with E-state index in [1.165, 1.54) is 30.9 Å². The zero-order valence-electron chi connectivity index (χ0n) is 19.3. The van der Waals surface area contributed by atoms with E-state index < -0.39 is 23.8 Å². The SMILES string of the molecule is CCOC(=O)CC(NC(=O)CNC(=O)c1cc(N=CNN)cc(N=CNN)c1)c1cc(Cl)cc(Cl)c1. The van der Waals surface area contributed by atoms with Gasteiger partial charge in [-0.2, -0.15) is 0 Å². The highest BCUT2D eigenvalue weighted by Crippen LogP contribution is 2.26. The van der Waals surface area contributed by atoms with Gasteiger partial charge < -0.3 is 26.2 Å². The molecule has 2 rings (SSSR count). The monoisotopic (exact) mass is 536 g/mol. The molecule has 0 aliphatic heterocycles. The lowest BCUT2D eigenvalue weighted by atomic mass is 10.0. The molecule has 0 spiro atoms. The molecule has 2 aromatic carbocycles. The molecule has 0 heterocycles. The van der Waals surface area contributed by atoms with Gasteiger partial charge in [0.2, 0.25) is 5.91 Å². The lowest BCUT2D eigenvalue weighted by Gasteiger charge is -2.19. The number of nitrogens with one attached hydrogen (secondary N) is 4. The number of ether oxygens (including phenoxy) is 1. The van der Waals surface area contributed by atoms with Crippen LogP contribution in [0, 0.1) is 0 Å². The minimum absolute atomic E-state index is 0.157. The fourth-order valence-corrected chi connectivity index (χ4v) is 3.56. The zero-order chi connectivity index (χ0) is 26.5. The van der Waals surface area contributed by atoms with Gasteiger partial charge in [0.25, 0.3) is 5.91 Å². The van der Waals surface area contributed by atoms with Crippen molar-refractivity contribution in [2.75, 3.05) is 13.2 Å². The molecule has 36 heavy (non-hydrogen) atoms. The number of rotatable bonds is 12. The van der Waals surface area contributed by atoms with E-state index in [1.807, 2.05) is 0 Å². The molecule has 1 atom stereocenters. The van der Waals surface area contributed by atoms with E-state index in [4.69, 9.17) is 39.6 Å². The van der Waals surface area contributed by atoms with Crippen molar-refractivity contribution in [2.45, 2.75) is 19.4 Å². The quantitative estimate of drug-likeness (QED) is 0.0778. The molecule has 8 N–H and O–H groups in total. The Morgan fingerprint density at radius 1 is 0.972 bits per heavy atom.